The average Bonchev–Trinajstić information content (AvgIpc) is 3.16. The van der Waals surface area contributed by atoms with Crippen LogP contribution in [0.4, 0.5) is 0 Å². The van der Waals surface area contributed by atoms with Gasteiger partial charge in [-0.25, -0.2) is 4.79 Å². The first-order valence-electron chi connectivity index (χ1n) is 9.70. The number of hydrogen-bond donors (Lipinski definition) is 2. The SMILES string of the molecule is CC(C)(C)C1C2C=CC1(C(=O)NCCOCCOCCOCC(=O)O)CC2. The van der Waals surface area contributed by atoms with Gasteiger partial charge in [-0.05, 0) is 30.1 Å². The van der Waals surface area contributed by atoms with Crippen LogP contribution in [0.3, 0.4) is 0 Å². The van der Waals surface area contributed by atoms with Crippen LogP contribution in [0.5, 0.6) is 0 Å². The van der Waals surface area contributed by atoms with Crippen molar-refractivity contribution in [2.75, 3.05) is 46.2 Å². The average molecular weight is 383 g/mol. The molecular formula is C20H33NO6. The van der Waals surface area contributed by atoms with Crippen LogP contribution in [0.25, 0.3) is 0 Å². The summed E-state index contributed by atoms with van der Waals surface area (Å²) in [7, 11) is 0. The van der Waals surface area contributed by atoms with Gasteiger partial charge in [0.2, 0.25) is 5.91 Å². The third-order valence-corrected chi connectivity index (χ3v) is 5.37. The van der Waals surface area contributed by atoms with E-state index in [0.29, 0.717) is 44.8 Å². The molecule has 3 atom stereocenters. The number of allylic oxidation sites excluding steroid dienone is 1. The number of rotatable bonds is 12. The Morgan fingerprint density at radius 2 is 1.74 bits per heavy atom. The number of nitrogens with one attached hydrogen (secondary N) is 1. The van der Waals surface area contributed by atoms with Crippen LogP contribution < -0.4 is 5.32 Å². The number of carbonyl (C=O) groups excluding carboxylic acids is 1. The molecule has 2 aliphatic rings. The largest absolute Gasteiger partial charge is 0.480 e. The molecule has 0 heterocycles. The van der Waals surface area contributed by atoms with Gasteiger partial charge in [0.1, 0.15) is 6.61 Å². The second-order valence-corrected chi connectivity index (χ2v) is 8.37. The van der Waals surface area contributed by atoms with Crippen molar-refractivity contribution in [1.82, 2.24) is 5.32 Å². The lowest BCUT2D eigenvalue weighted by atomic mass is 9.66. The van der Waals surface area contributed by atoms with Gasteiger partial charge in [-0.2, -0.15) is 0 Å². The molecule has 7 heteroatoms. The van der Waals surface area contributed by atoms with E-state index >= 15 is 0 Å². The Kier molecular flexibility index (Phi) is 7.82. The zero-order chi connectivity index (χ0) is 19.9. The minimum absolute atomic E-state index is 0.101. The topological polar surface area (TPSA) is 94.1 Å². The van der Waals surface area contributed by atoms with Gasteiger partial charge in [-0.1, -0.05) is 32.9 Å². The van der Waals surface area contributed by atoms with Crippen molar-refractivity contribution >= 4 is 11.9 Å². The molecule has 0 aromatic heterocycles. The van der Waals surface area contributed by atoms with Crippen LogP contribution in [0.1, 0.15) is 33.6 Å². The van der Waals surface area contributed by atoms with Crippen molar-refractivity contribution < 1.29 is 28.9 Å². The standard InChI is InChI=1S/C20H33NO6/c1-19(2,3)17-15-4-6-20(17,7-5-15)18(24)21-8-9-25-10-11-26-12-13-27-14-16(22)23/h4,6,15,17H,5,7-14H2,1-3H3,(H,21,24)(H,22,23). The molecule has 0 saturated heterocycles. The smallest absolute Gasteiger partial charge is 0.329 e. The number of aliphatic carboxylic acids is 1. The lowest BCUT2D eigenvalue weighted by molar-refractivity contribution is -0.142. The molecule has 7 nitrogen and oxygen atoms in total. The minimum atomic E-state index is -0.991. The fourth-order valence-electron chi connectivity index (χ4n) is 4.55. The monoisotopic (exact) mass is 383 g/mol. The van der Waals surface area contributed by atoms with E-state index in [-0.39, 0.29) is 30.0 Å². The van der Waals surface area contributed by atoms with Crippen molar-refractivity contribution in [3.05, 3.63) is 12.2 Å². The molecule has 2 rings (SSSR count). The lowest BCUT2D eigenvalue weighted by Crippen LogP contribution is -2.46. The maximum absolute atomic E-state index is 12.9. The van der Waals surface area contributed by atoms with Crippen molar-refractivity contribution in [3.63, 3.8) is 0 Å². The number of hydrogen-bond acceptors (Lipinski definition) is 5. The van der Waals surface area contributed by atoms with Crippen LogP contribution in [0.15, 0.2) is 12.2 Å². The molecule has 154 valence electrons. The third-order valence-electron chi connectivity index (χ3n) is 5.37. The number of amides is 1. The van der Waals surface area contributed by atoms with Gasteiger partial charge >= 0.3 is 5.97 Å². The molecule has 3 unspecified atom stereocenters. The third kappa shape index (κ3) is 5.77. The molecular weight excluding hydrogens is 350 g/mol. The van der Waals surface area contributed by atoms with Crippen molar-refractivity contribution in [1.29, 1.82) is 0 Å². The van der Waals surface area contributed by atoms with Gasteiger partial charge in [0.15, 0.2) is 0 Å². The lowest BCUT2D eigenvalue weighted by Gasteiger charge is -2.38. The Balaban J connectivity index is 1.56. The van der Waals surface area contributed by atoms with Crippen molar-refractivity contribution in [3.8, 4) is 0 Å². The van der Waals surface area contributed by atoms with E-state index in [1.165, 1.54) is 0 Å². The molecule has 0 spiro atoms. The van der Waals surface area contributed by atoms with Gasteiger partial charge in [0, 0.05) is 6.54 Å². The zero-order valence-corrected chi connectivity index (χ0v) is 16.7. The second kappa shape index (κ2) is 9.66. The van der Waals surface area contributed by atoms with E-state index in [4.69, 9.17) is 19.3 Å². The molecule has 1 amide bonds. The van der Waals surface area contributed by atoms with Gasteiger partial charge in [0.25, 0.3) is 0 Å². The van der Waals surface area contributed by atoms with Crippen LogP contribution in [0, 0.1) is 22.7 Å². The minimum Gasteiger partial charge on any atom is -0.480 e. The fraction of sp³-hybridized carbons (Fsp3) is 0.800. The maximum Gasteiger partial charge on any atom is 0.329 e. The Hall–Kier alpha value is -1.44. The first kappa shape index (κ1) is 21.9. The number of carbonyl (C=O) groups is 2. The maximum atomic E-state index is 12.9. The molecule has 2 bridgehead atoms. The summed E-state index contributed by atoms with van der Waals surface area (Å²) in [5.41, 5.74) is -0.258. The second-order valence-electron chi connectivity index (χ2n) is 8.37. The molecule has 1 fully saturated rings. The van der Waals surface area contributed by atoms with Crippen molar-refractivity contribution in [2.45, 2.75) is 33.6 Å². The Labute approximate surface area is 161 Å². The van der Waals surface area contributed by atoms with Gasteiger partial charge in [0.05, 0.1) is 38.4 Å². The summed E-state index contributed by atoms with van der Waals surface area (Å²) < 4.78 is 15.6. The van der Waals surface area contributed by atoms with E-state index in [2.05, 4.69) is 38.2 Å². The molecule has 0 aliphatic heterocycles. The van der Waals surface area contributed by atoms with E-state index in [0.717, 1.165) is 12.8 Å². The summed E-state index contributed by atoms with van der Waals surface area (Å²) in [4.78, 5) is 23.1. The molecule has 0 aromatic rings. The zero-order valence-electron chi connectivity index (χ0n) is 16.7. The highest BCUT2D eigenvalue weighted by Gasteiger charge is 2.58. The normalized spacial score (nSPS) is 26.5. The molecule has 2 N–H and O–H groups in total. The highest BCUT2D eigenvalue weighted by Crippen LogP contribution is 2.60. The number of carboxylic acid groups (broad SMARTS) is 1. The quantitative estimate of drug-likeness (QED) is 0.395. The first-order chi connectivity index (χ1) is 12.8. The predicted octanol–water partition coefficient (Wildman–Crippen LogP) is 1.87. The fourth-order valence-corrected chi connectivity index (χ4v) is 4.55. The summed E-state index contributed by atoms with van der Waals surface area (Å²) >= 11 is 0. The summed E-state index contributed by atoms with van der Waals surface area (Å²) in [5.74, 6) is 0.00959. The van der Waals surface area contributed by atoms with Crippen LogP contribution in [-0.4, -0.2) is 63.2 Å². The molecule has 1 saturated carbocycles. The highest BCUT2D eigenvalue weighted by molar-refractivity contribution is 5.86. The van der Waals surface area contributed by atoms with Crippen LogP contribution >= 0.6 is 0 Å². The van der Waals surface area contributed by atoms with Crippen LogP contribution in [-0.2, 0) is 23.8 Å². The number of carboxylic acids is 1. The summed E-state index contributed by atoms with van der Waals surface area (Å²) in [6.45, 7) is 8.68. The first-order valence-corrected chi connectivity index (χ1v) is 9.70. The molecule has 0 aromatic carbocycles. The Morgan fingerprint density at radius 3 is 2.30 bits per heavy atom. The van der Waals surface area contributed by atoms with E-state index < -0.39 is 5.97 Å². The van der Waals surface area contributed by atoms with Gasteiger partial charge < -0.3 is 24.6 Å². The van der Waals surface area contributed by atoms with Crippen molar-refractivity contribution in [2.24, 2.45) is 22.7 Å². The highest BCUT2D eigenvalue weighted by atomic mass is 16.5. The van der Waals surface area contributed by atoms with Crippen LogP contribution in [0.2, 0.25) is 0 Å². The summed E-state index contributed by atoms with van der Waals surface area (Å²) in [6.07, 6.45) is 6.39. The van der Waals surface area contributed by atoms with E-state index in [1.54, 1.807) is 0 Å². The van der Waals surface area contributed by atoms with E-state index in [9.17, 15) is 9.59 Å². The molecule has 0 radical (unpaired) electrons. The predicted molar refractivity (Wildman–Crippen MR) is 100 cm³/mol. The number of fused-ring (bicyclic) bond motifs is 2. The summed E-state index contributed by atoms with van der Waals surface area (Å²) in [5, 5.41) is 11.5. The van der Waals surface area contributed by atoms with E-state index in [1.807, 2.05) is 0 Å². The van der Waals surface area contributed by atoms with Gasteiger partial charge in [-0.15, -0.1) is 0 Å². The molecule has 27 heavy (non-hydrogen) atoms. The Morgan fingerprint density at radius 1 is 1.11 bits per heavy atom. The van der Waals surface area contributed by atoms with Gasteiger partial charge in [-0.3, -0.25) is 4.79 Å². The Bertz CT molecular complexity index is 541. The summed E-state index contributed by atoms with van der Waals surface area (Å²) in [6, 6.07) is 0. The molecule has 2 aliphatic carbocycles. The number of ether oxygens (including phenoxy) is 3.